The van der Waals surface area contributed by atoms with E-state index >= 15 is 0 Å². The minimum absolute atomic E-state index is 0.564. The summed E-state index contributed by atoms with van der Waals surface area (Å²) in [5.41, 5.74) is 5.66. The second-order valence-electron chi connectivity index (χ2n) is 6.44. The van der Waals surface area contributed by atoms with Gasteiger partial charge in [-0.25, -0.2) is 4.98 Å². The molecule has 1 aliphatic heterocycles. The number of rotatable bonds is 4. The van der Waals surface area contributed by atoms with Gasteiger partial charge in [-0.15, -0.1) is 0 Å². The van der Waals surface area contributed by atoms with E-state index in [1.54, 1.807) is 7.11 Å². The Bertz CT molecular complexity index is 968. The van der Waals surface area contributed by atoms with Gasteiger partial charge in [0.2, 0.25) is 0 Å². The molecule has 3 heterocycles. The molecule has 26 heavy (non-hydrogen) atoms. The lowest BCUT2D eigenvalue weighted by Gasteiger charge is -2.28. The quantitative estimate of drug-likeness (QED) is 0.714. The van der Waals surface area contributed by atoms with Crippen LogP contribution in [0.3, 0.4) is 0 Å². The Morgan fingerprint density at radius 3 is 2.92 bits per heavy atom. The minimum Gasteiger partial charge on any atom is -0.497 e. The lowest BCUT2D eigenvalue weighted by Crippen LogP contribution is -2.30. The van der Waals surface area contributed by atoms with Crippen LogP contribution in [0.5, 0.6) is 5.75 Å². The molecule has 0 radical (unpaired) electrons. The number of H-pyrrole nitrogens is 1. The van der Waals surface area contributed by atoms with Crippen molar-refractivity contribution < 1.29 is 4.74 Å². The third-order valence-corrected chi connectivity index (χ3v) is 4.86. The maximum Gasteiger partial charge on any atom is 0.196 e. The van der Waals surface area contributed by atoms with Crippen LogP contribution in [0.1, 0.15) is 16.8 Å². The Morgan fingerprint density at radius 2 is 2.12 bits per heavy atom. The number of methoxy groups -OCH3 is 1. The van der Waals surface area contributed by atoms with Gasteiger partial charge >= 0.3 is 0 Å². The van der Waals surface area contributed by atoms with Gasteiger partial charge < -0.3 is 9.72 Å². The Labute approximate surface area is 157 Å². The Kier molecular flexibility index (Phi) is 4.77. The van der Waals surface area contributed by atoms with Crippen molar-refractivity contribution in [3.05, 3.63) is 70.4 Å². The fourth-order valence-electron chi connectivity index (χ4n) is 3.27. The van der Waals surface area contributed by atoms with E-state index in [1.807, 2.05) is 36.7 Å². The molecule has 0 amide bonds. The van der Waals surface area contributed by atoms with Gasteiger partial charge in [-0.2, -0.15) is 0 Å². The zero-order chi connectivity index (χ0) is 17.9. The first-order chi connectivity index (χ1) is 12.7. The van der Waals surface area contributed by atoms with Gasteiger partial charge in [0.15, 0.2) is 4.77 Å². The summed E-state index contributed by atoms with van der Waals surface area (Å²) < 4.78 is 5.85. The molecule has 6 heteroatoms. The van der Waals surface area contributed by atoms with Crippen molar-refractivity contribution in [1.82, 2.24) is 19.9 Å². The first-order valence-electron chi connectivity index (χ1n) is 8.60. The van der Waals surface area contributed by atoms with Crippen LogP contribution in [0.4, 0.5) is 0 Å². The van der Waals surface area contributed by atoms with Crippen molar-refractivity contribution in [3.63, 3.8) is 0 Å². The van der Waals surface area contributed by atoms with Crippen molar-refractivity contribution >= 4 is 12.2 Å². The van der Waals surface area contributed by atoms with Crippen LogP contribution in [-0.4, -0.2) is 33.5 Å². The summed E-state index contributed by atoms with van der Waals surface area (Å²) in [6.07, 6.45) is 4.82. The summed E-state index contributed by atoms with van der Waals surface area (Å²) in [6, 6.07) is 12.2. The highest BCUT2D eigenvalue weighted by Gasteiger charge is 2.17. The molecule has 0 atom stereocenters. The second kappa shape index (κ2) is 7.35. The van der Waals surface area contributed by atoms with Crippen LogP contribution >= 0.6 is 12.2 Å². The molecule has 1 aromatic carbocycles. The van der Waals surface area contributed by atoms with E-state index in [2.05, 4.69) is 32.0 Å². The number of hydrogen-bond donors (Lipinski definition) is 1. The predicted octanol–water partition coefficient (Wildman–Crippen LogP) is 3.77. The molecule has 0 unspecified atom stereocenters. The van der Waals surface area contributed by atoms with Crippen molar-refractivity contribution in [1.29, 1.82) is 0 Å². The third kappa shape index (κ3) is 3.66. The normalized spacial score (nSPS) is 14.0. The summed E-state index contributed by atoms with van der Waals surface area (Å²) in [5, 5.41) is 0. The highest BCUT2D eigenvalue weighted by molar-refractivity contribution is 7.71. The standard InChI is InChI=1S/C20H20N4OS/c1-25-17-4-2-3-15(9-17)18-6-5-14(10-21-18)12-24-8-7-19-16(13-24)11-22-20(26)23-19/h2-6,9-11H,7-8,12-13H2,1H3,(H,22,23,26). The average Bonchev–Trinajstić information content (AvgIpc) is 2.69. The molecule has 0 aliphatic carbocycles. The largest absolute Gasteiger partial charge is 0.497 e. The van der Waals surface area contributed by atoms with Crippen molar-refractivity contribution in [3.8, 4) is 17.0 Å². The molecular formula is C20H20N4OS. The van der Waals surface area contributed by atoms with Gasteiger partial charge in [0.25, 0.3) is 0 Å². The summed E-state index contributed by atoms with van der Waals surface area (Å²) in [6.45, 7) is 2.76. The number of aromatic nitrogens is 3. The average molecular weight is 364 g/mol. The third-order valence-electron chi connectivity index (χ3n) is 4.65. The first-order valence-corrected chi connectivity index (χ1v) is 9.01. The van der Waals surface area contributed by atoms with E-state index in [0.29, 0.717) is 4.77 Å². The molecule has 5 nitrogen and oxygen atoms in total. The predicted molar refractivity (Wildman–Crippen MR) is 103 cm³/mol. The van der Waals surface area contributed by atoms with Crippen LogP contribution in [-0.2, 0) is 19.5 Å². The van der Waals surface area contributed by atoms with E-state index in [1.165, 1.54) is 16.8 Å². The minimum atomic E-state index is 0.564. The van der Waals surface area contributed by atoms with E-state index in [-0.39, 0.29) is 0 Å². The van der Waals surface area contributed by atoms with Crippen LogP contribution in [0, 0.1) is 4.77 Å². The molecule has 132 valence electrons. The summed E-state index contributed by atoms with van der Waals surface area (Å²) in [4.78, 5) is 14.4. The highest BCUT2D eigenvalue weighted by atomic mass is 32.1. The number of fused-ring (bicyclic) bond motifs is 1. The number of nitrogens with one attached hydrogen (secondary N) is 1. The fourth-order valence-corrected chi connectivity index (χ4v) is 3.45. The zero-order valence-electron chi connectivity index (χ0n) is 14.6. The number of pyridine rings is 1. The summed E-state index contributed by atoms with van der Waals surface area (Å²) >= 11 is 5.10. The maximum absolute atomic E-state index is 5.29. The molecule has 1 N–H and O–H groups in total. The van der Waals surface area contributed by atoms with Gasteiger partial charge in [-0.05, 0) is 36.0 Å². The van der Waals surface area contributed by atoms with Crippen molar-refractivity contribution in [2.75, 3.05) is 13.7 Å². The molecule has 4 rings (SSSR count). The molecule has 0 saturated carbocycles. The SMILES string of the molecule is COc1cccc(-c2ccc(CN3CCc4[nH]c(=S)ncc4C3)cn2)c1. The lowest BCUT2D eigenvalue weighted by atomic mass is 10.1. The van der Waals surface area contributed by atoms with Crippen LogP contribution < -0.4 is 4.74 Å². The van der Waals surface area contributed by atoms with E-state index in [9.17, 15) is 0 Å². The summed E-state index contributed by atoms with van der Waals surface area (Å²) in [7, 11) is 1.68. The first kappa shape index (κ1) is 16.9. The molecule has 0 saturated heterocycles. The van der Waals surface area contributed by atoms with E-state index in [4.69, 9.17) is 17.0 Å². The monoisotopic (exact) mass is 364 g/mol. The molecule has 2 aromatic heterocycles. The van der Waals surface area contributed by atoms with Crippen LogP contribution in [0.15, 0.2) is 48.8 Å². The number of benzene rings is 1. The Morgan fingerprint density at radius 1 is 1.19 bits per heavy atom. The maximum atomic E-state index is 5.29. The van der Waals surface area contributed by atoms with Gasteiger partial charge in [-0.1, -0.05) is 18.2 Å². The highest BCUT2D eigenvalue weighted by Crippen LogP contribution is 2.23. The van der Waals surface area contributed by atoms with Gasteiger partial charge in [0.05, 0.1) is 12.8 Å². The molecule has 0 spiro atoms. The van der Waals surface area contributed by atoms with Crippen molar-refractivity contribution in [2.24, 2.45) is 0 Å². The fraction of sp³-hybridized carbons (Fsp3) is 0.250. The molecule has 0 fully saturated rings. The summed E-state index contributed by atoms with van der Waals surface area (Å²) in [5.74, 6) is 0.841. The molecule has 1 aliphatic rings. The second-order valence-corrected chi connectivity index (χ2v) is 6.82. The van der Waals surface area contributed by atoms with Crippen molar-refractivity contribution in [2.45, 2.75) is 19.5 Å². The van der Waals surface area contributed by atoms with Gasteiger partial charge in [0.1, 0.15) is 5.75 Å². The molecular weight excluding hydrogens is 344 g/mol. The molecule has 0 bridgehead atoms. The number of ether oxygens (including phenoxy) is 1. The number of aromatic amines is 1. The Hall–Kier alpha value is -2.57. The smallest absolute Gasteiger partial charge is 0.196 e. The van der Waals surface area contributed by atoms with Crippen LogP contribution in [0.25, 0.3) is 11.3 Å². The van der Waals surface area contributed by atoms with Gasteiger partial charge in [0, 0.05) is 55.3 Å². The Balaban J connectivity index is 1.46. The van der Waals surface area contributed by atoms with E-state index < -0.39 is 0 Å². The topological polar surface area (TPSA) is 54.0 Å². The van der Waals surface area contributed by atoms with Crippen LogP contribution in [0.2, 0.25) is 0 Å². The number of hydrogen-bond acceptors (Lipinski definition) is 5. The van der Waals surface area contributed by atoms with Gasteiger partial charge in [-0.3, -0.25) is 9.88 Å². The molecule has 3 aromatic rings. The zero-order valence-corrected chi connectivity index (χ0v) is 15.4. The number of nitrogens with zero attached hydrogens (tertiary/aromatic N) is 3. The lowest BCUT2D eigenvalue weighted by molar-refractivity contribution is 0.242. The van der Waals surface area contributed by atoms with E-state index in [0.717, 1.165) is 43.1 Å².